The van der Waals surface area contributed by atoms with Gasteiger partial charge in [0.05, 0.1) is 6.61 Å². The van der Waals surface area contributed by atoms with E-state index >= 15 is 0 Å². The maximum Gasteiger partial charge on any atom is 0.121 e. The first kappa shape index (κ1) is 12.8. The van der Waals surface area contributed by atoms with E-state index in [1.807, 2.05) is 43.3 Å². The van der Waals surface area contributed by atoms with Gasteiger partial charge in [0.2, 0.25) is 0 Å². The van der Waals surface area contributed by atoms with Crippen molar-refractivity contribution in [2.24, 2.45) is 0 Å². The van der Waals surface area contributed by atoms with Gasteiger partial charge in [-0.3, -0.25) is 0 Å². The highest BCUT2D eigenvalue weighted by Crippen LogP contribution is 2.18. The lowest BCUT2D eigenvalue weighted by molar-refractivity contribution is 0.276. The standard InChI is InChI=1S/C12H20N2O2/c1-14(2)11-4-3-5-12(10-11)16-9-7-13-6-8-15/h3-5,10,13,15H,6-9H2,1-2H3. The molecule has 4 heteroatoms. The largest absolute Gasteiger partial charge is 0.492 e. The van der Waals surface area contributed by atoms with Crippen LogP contribution >= 0.6 is 0 Å². The molecule has 1 aromatic rings. The van der Waals surface area contributed by atoms with Gasteiger partial charge in [-0.2, -0.15) is 0 Å². The molecule has 4 nitrogen and oxygen atoms in total. The zero-order valence-corrected chi connectivity index (χ0v) is 9.94. The number of benzene rings is 1. The molecule has 0 amide bonds. The van der Waals surface area contributed by atoms with E-state index in [-0.39, 0.29) is 6.61 Å². The lowest BCUT2D eigenvalue weighted by atomic mass is 10.3. The number of ether oxygens (including phenoxy) is 1. The quantitative estimate of drug-likeness (QED) is 0.670. The summed E-state index contributed by atoms with van der Waals surface area (Å²) in [6.45, 7) is 2.13. The lowest BCUT2D eigenvalue weighted by Crippen LogP contribution is -2.24. The second-order valence-electron chi connectivity index (χ2n) is 3.71. The van der Waals surface area contributed by atoms with Crippen molar-refractivity contribution < 1.29 is 9.84 Å². The Balaban J connectivity index is 2.33. The Morgan fingerprint density at radius 2 is 2.12 bits per heavy atom. The van der Waals surface area contributed by atoms with Crippen LogP contribution in [0, 0.1) is 0 Å². The van der Waals surface area contributed by atoms with Crippen molar-refractivity contribution in [3.05, 3.63) is 24.3 Å². The lowest BCUT2D eigenvalue weighted by Gasteiger charge is -2.14. The van der Waals surface area contributed by atoms with Crippen LogP contribution in [-0.4, -0.2) is 45.5 Å². The second kappa shape index (κ2) is 7.09. The summed E-state index contributed by atoms with van der Waals surface area (Å²) in [6, 6.07) is 7.97. The van der Waals surface area contributed by atoms with Gasteiger partial charge in [0.15, 0.2) is 0 Å². The molecule has 0 radical (unpaired) electrons. The molecule has 16 heavy (non-hydrogen) atoms. The van der Waals surface area contributed by atoms with Crippen molar-refractivity contribution in [2.75, 3.05) is 45.3 Å². The molecule has 0 bridgehead atoms. The molecule has 0 atom stereocenters. The van der Waals surface area contributed by atoms with Crippen LogP contribution in [0.15, 0.2) is 24.3 Å². The minimum atomic E-state index is 0.163. The molecule has 0 heterocycles. The number of anilines is 1. The van der Waals surface area contributed by atoms with E-state index < -0.39 is 0 Å². The van der Waals surface area contributed by atoms with E-state index in [4.69, 9.17) is 9.84 Å². The van der Waals surface area contributed by atoms with Crippen LogP contribution in [0.1, 0.15) is 0 Å². The predicted molar refractivity (Wildman–Crippen MR) is 66.2 cm³/mol. The van der Waals surface area contributed by atoms with Gasteiger partial charge >= 0.3 is 0 Å². The number of hydrogen-bond donors (Lipinski definition) is 2. The van der Waals surface area contributed by atoms with Gasteiger partial charge < -0.3 is 20.1 Å². The SMILES string of the molecule is CN(C)c1cccc(OCCNCCO)c1. The number of aliphatic hydroxyl groups is 1. The number of aliphatic hydroxyl groups excluding tert-OH is 1. The fourth-order valence-electron chi connectivity index (χ4n) is 1.30. The summed E-state index contributed by atoms with van der Waals surface area (Å²) in [4.78, 5) is 2.04. The molecule has 0 fully saturated rings. The third-order valence-electron chi connectivity index (χ3n) is 2.17. The first-order valence-corrected chi connectivity index (χ1v) is 5.46. The Hall–Kier alpha value is -1.26. The first-order chi connectivity index (χ1) is 7.74. The van der Waals surface area contributed by atoms with Crippen molar-refractivity contribution in [3.63, 3.8) is 0 Å². The molecule has 2 N–H and O–H groups in total. The van der Waals surface area contributed by atoms with E-state index in [2.05, 4.69) is 5.32 Å². The molecule has 0 aliphatic heterocycles. The maximum atomic E-state index is 8.57. The summed E-state index contributed by atoms with van der Waals surface area (Å²) >= 11 is 0. The predicted octanol–water partition coefficient (Wildman–Crippen LogP) is 0.713. The minimum absolute atomic E-state index is 0.163. The van der Waals surface area contributed by atoms with E-state index in [0.29, 0.717) is 13.2 Å². The molecule has 1 aromatic carbocycles. The third kappa shape index (κ3) is 4.51. The normalized spacial score (nSPS) is 10.2. The van der Waals surface area contributed by atoms with Gasteiger partial charge in [-0.25, -0.2) is 0 Å². The van der Waals surface area contributed by atoms with E-state index in [1.54, 1.807) is 0 Å². The molecule has 0 saturated heterocycles. The van der Waals surface area contributed by atoms with Crippen LogP contribution in [0.5, 0.6) is 5.75 Å². The van der Waals surface area contributed by atoms with Crippen LogP contribution in [0.4, 0.5) is 5.69 Å². The highest BCUT2D eigenvalue weighted by atomic mass is 16.5. The van der Waals surface area contributed by atoms with Crippen LogP contribution in [-0.2, 0) is 0 Å². The van der Waals surface area contributed by atoms with Crippen LogP contribution in [0.25, 0.3) is 0 Å². The van der Waals surface area contributed by atoms with Crippen molar-refractivity contribution in [2.45, 2.75) is 0 Å². The molecular weight excluding hydrogens is 204 g/mol. The minimum Gasteiger partial charge on any atom is -0.492 e. The molecule has 0 aliphatic rings. The second-order valence-corrected chi connectivity index (χ2v) is 3.71. The van der Waals surface area contributed by atoms with Crippen molar-refractivity contribution in [1.82, 2.24) is 5.32 Å². The van der Waals surface area contributed by atoms with Gasteiger partial charge in [0.25, 0.3) is 0 Å². The highest BCUT2D eigenvalue weighted by molar-refractivity contribution is 5.49. The fourth-order valence-corrected chi connectivity index (χ4v) is 1.30. The van der Waals surface area contributed by atoms with Gasteiger partial charge in [0.1, 0.15) is 12.4 Å². The summed E-state index contributed by atoms with van der Waals surface area (Å²) in [7, 11) is 4.00. The average molecular weight is 224 g/mol. The molecule has 0 aliphatic carbocycles. The van der Waals surface area contributed by atoms with Crippen LogP contribution in [0.3, 0.4) is 0 Å². The van der Waals surface area contributed by atoms with Crippen molar-refractivity contribution in [3.8, 4) is 5.75 Å². The first-order valence-electron chi connectivity index (χ1n) is 5.46. The number of nitrogens with one attached hydrogen (secondary N) is 1. The fraction of sp³-hybridized carbons (Fsp3) is 0.500. The summed E-state index contributed by atoms with van der Waals surface area (Å²) in [5, 5.41) is 11.6. The number of rotatable bonds is 7. The Bertz CT molecular complexity index is 303. The van der Waals surface area contributed by atoms with Gasteiger partial charge in [-0.15, -0.1) is 0 Å². The molecule has 0 unspecified atom stereocenters. The summed E-state index contributed by atoms with van der Waals surface area (Å²) in [5.74, 6) is 0.872. The van der Waals surface area contributed by atoms with Crippen LogP contribution in [0.2, 0.25) is 0 Å². The molecule has 0 spiro atoms. The van der Waals surface area contributed by atoms with Crippen molar-refractivity contribution >= 4 is 5.69 Å². The van der Waals surface area contributed by atoms with Crippen molar-refractivity contribution in [1.29, 1.82) is 0 Å². The number of hydrogen-bond acceptors (Lipinski definition) is 4. The Kier molecular flexibility index (Phi) is 5.67. The molecular formula is C12H20N2O2. The van der Waals surface area contributed by atoms with Gasteiger partial charge in [-0.05, 0) is 12.1 Å². The topological polar surface area (TPSA) is 44.7 Å². The van der Waals surface area contributed by atoms with E-state index in [9.17, 15) is 0 Å². The van der Waals surface area contributed by atoms with Gasteiger partial charge in [-0.1, -0.05) is 6.07 Å². The maximum absolute atomic E-state index is 8.57. The number of nitrogens with zero attached hydrogens (tertiary/aromatic N) is 1. The smallest absolute Gasteiger partial charge is 0.121 e. The summed E-state index contributed by atoms with van der Waals surface area (Å²) in [5.41, 5.74) is 1.13. The third-order valence-corrected chi connectivity index (χ3v) is 2.17. The highest BCUT2D eigenvalue weighted by Gasteiger charge is 1.98. The summed E-state index contributed by atoms with van der Waals surface area (Å²) < 4.78 is 5.57. The molecule has 1 rings (SSSR count). The Morgan fingerprint density at radius 3 is 2.81 bits per heavy atom. The zero-order valence-electron chi connectivity index (χ0n) is 9.94. The van der Waals surface area contributed by atoms with Gasteiger partial charge in [0, 0.05) is 38.9 Å². The Labute approximate surface area is 96.8 Å². The van der Waals surface area contributed by atoms with Crippen LogP contribution < -0.4 is 15.0 Å². The van der Waals surface area contributed by atoms with E-state index in [0.717, 1.165) is 18.0 Å². The average Bonchev–Trinajstić information content (AvgIpc) is 2.29. The van der Waals surface area contributed by atoms with E-state index in [1.165, 1.54) is 0 Å². The molecule has 0 aromatic heterocycles. The Morgan fingerprint density at radius 1 is 1.31 bits per heavy atom. The zero-order chi connectivity index (χ0) is 11.8. The molecule has 0 saturated carbocycles. The molecule has 90 valence electrons. The summed E-state index contributed by atoms with van der Waals surface area (Å²) in [6.07, 6.45) is 0. The monoisotopic (exact) mass is 224 g/mol.